The minimum Gasteiger partial charge on any atom is -0.464 e. The summed E-state index contributed by atoms with van der Waals surface area (Å²) in [6.45, 7) is 0. The Balaban J connectivity index is 2.01. The second-order valence-corrected chi connectivity index (χ2v) is 5.10. The topological polar surface area (TPSA) is 54.1 Å². The van der Waals surface area contributed by atoms with Gasteiger partial charge in [0.2, 0.25) is 0 Å². The van der Waals surface area contributed by atoms with Gasteiger partial charge in [-0.3, -0.25) is 0 Å². The molecule has 0 radical (unpaired) electrons. The van der Waals surface area contributed by atoms with Gasteiger partial charge in [-0.25, -0.2) is 9.18 Å². The molecule has 0 saturated carbocycles. The number of methoxy groups -OCH3 is 1. The Morgan fingerprint density at radius 1 is 1.27 bits per heavy atom. The first-order chi connectivity index (χ1) is 10.6. The number of nitrogens with one attached hydrogen (secondary N) is 2. The molecule has 0 aliphatic carbocycles. The molecule has 112 valence electrons. The van der Waals surface area contributed by atoms with Crippen molar-refractivity contribution in [3.05, 3.63) is 59.0 Å². The Bertz CT molecular complexity index is 860. The number of hydrogen-bond donors (Lipinski definition) is 2. The zero-order valence-electron chi connectivity index (χ0n) is 11.6. The minimum absolute atomic E-state index is 0.0430. The summed E-state index contributed by atoms with van der Waals surface area (Å²) >= 11 is 5.78. The van der Waals surface area contributed by atoms with Crippen LogP contribution in [-0.4, -0.2) is 18.1 Å². The van der Waals surface area contributed by atoms with Gasteiger partial charge in [-0.15, -0.1) is 0 Å². The molecule has 6 heteroatoms. The lowest BCUT2D eigenvalue weighted by Crippen LogP contribution is -2.00. The third-order valence-corrected chi connectivity index (χ3v) is 3.56. The predicted molar refractivity (Wildman–Crippen MR) is 84.3 cm³/mol. The summed E-state index contributed by atoms with van der Waals surface area (Å²) in [6, 6.07) is 11.6. The van der Waals surface area contributed by atoms with Crippen LogP contribution in [0.25, 0.3) is 10.9 Å². The first-order valence-corrected chi connectivity index (χ1v) is 6.88. The smallest absolute Gasteiger partial charge is 0.354 e. The number of esters is 1. The highest BCUT2D eigenvalue weighted by molar-refractivity contribution is 6.31. The number of hydrogen-bond acceptors (Lipinski definition) is 3. The zero-order valence-corrected chi connectivity index (χ0v) is 12.4. The molecule has 1 aromatic heterocycles. The van der Waals surface area contributed by atoms with Crippen molar-refractivity contribution in [3.8, 4) is 0 Å². The maximum Gasteiger partial charge on any atom is 0.354 e. The van der Waals surface area contributed by atoms with E-state index in [1.54, 1.807) is 12.1 Å². The van der Waals surface area contributed by atoms with Gasteiger partial charge in [0.05, 0.1) is 12.1 Å². The Morgan fingerprint density at radius 2 is 2.09 bits per heavy atom. The van der Waals surface area contributed by atoms with Crippen LogP contribution >= 0.6 is 11.6 Å². The first kappa shape index (κ1) is 14.4. The van der Waals surface area contributed by atoms with E-state index in [2.05, 4.69) is 10.3 Å². The van der Waals surface area contributed by atoms with Gasteiger partial charge in [-0.05, 0) is 36.4 Å². The number of fused-ring (bicyclic) bond motifs is 1. The van der Waals surface area contributed by atoms with Crippen molar-refractivity contribution >= 4 is 39.8 Å². The van der Waals surface area contributed by atoms with Crippen LogP contribution in [0.15, 0.2) is 42.5 Å². The fraction of sp³-hybridized carbons (Fsp3) is 0.0625. The van der Waals surface area contributed by atoms with Crippen molar-refractivity contribution in [2.24, 2.45) is 0 Å². The number of ether oxygens (including phenoxy) is 1. The molecule has 0 spiro atoms. The van der Waals surface area contributed by atoms with E-state index in [1.807, 2.05) is 18.2 Å². The van der Waals surface area contributed by atoms with Crippen LogP contribution in [0.3, 0.4) is 0 Å². The zero-order chi connectivity index (χ0) is 15.7. The summed E-state index contributed by atoms with van der Waals surface area (Å²) < 4.78 is 17.9. The molecule has 1 heterocycles. The molecule has 2 aromatic carbocycles. The van der Waals surface area contributed by atoms with Crippen molar-refractivity contribution in [2.75, 3.05) is 12.4 Å². The van der Waals surface area contributed by atoms with Gasteiger partial charge >= 0.3 is 5.97 Å². The van der Waals surface area contributed by atoms with E-state index in [-0.39, 0.29) is 5.02 Å². The molecule has 3 aromatic rings. The van der Waals surface area contributed by atoms with Crippen molar-refractivity contribution in [2.45, 2.75) is 0 Å². The van der Waals surface area contributed by atoms with Crippen LogP contribution in [0.4, 0.5) is 15.8 Å². The number of anilines is 2. The number of aromatic nitrogens is 1. The highest BCUT2D eigenvalue weighted by Crippen LogP contribution is 2.29. The number of aromatic amines is 1. The minimum atomic E-state index is -0.472. The molecule has 0 aliphatic heterocycles. The number of rotatable bonds is 3. The SMILES string of the molecule is COC(=O)c1cc2c(Nc3ccc(F)c(Cl)c3)cccc2[nH]1. The van der Waals surface area contributed by atoms with E-state index in [4.69, 9.17) is 16.3 Å². The number of halogens is 2. The lowest BCUT2D eigenvalue weighted by atomic mass is 10.2. The van der Waals surface area contributed by atoms with E-state index in [0.717, 1.165) is 16.6 Å². The highest BCUT2D eigenvalue weighted by Gasteiger charge is 2.12. The van der Waals surface area contributed by atoms with Crippen LogP contribution in [0.1, 0.15) is 10.5 Å². The molecule has 0 unspecified atom stereocenters. The molecule has 0 bridgehead atoms. The summed E-state index contributed by atoms with van der Waals surface area (Å²) in [5.41, 5.74) is 2.58. The van der Waals surface area contributed by atoms with Crippen LogP contribution in [0.5, 0.6) is 0 Å². The molecular weight excluding hydrogens is 307 g/mol. The number of carbonyl (C=O) groups is 1. The number of H-pyrrole nitrogens is 1. The van der Waals surface area contributed by atoms with Gasteiger partial charge in [0.15, 0.2) is 0 Å². The monoisotopic (exact) mass is 318 g/mol. The summed E-state index contributed by atoms with van der Waals surface area (Å²) in [5.74, 6) is -0.910. The lowest BCUT2D eigenvalue weighted by molar-refractivity contribution is 0.0595. The Hall–Kier alpha value is -2.53. The van der Waals surface area contributed by atoms with Gasteiger partial charge in [0.25, 0.3) is 0 Å². The van der Waals surface area contributed by atoms with Crippen LogP contribution < -0.4 is 5.32 Å². The standard InChI is InChI=1S/C16H12ClFN2O2/c1-22-16(21)15-8-10-13(3-2-4-14(10)20-15)19-9-5-6-12(18)11(17)7-9/h2-8,19-20H,1H3. The van der Waals surface area contributed by atoms with E-state index in [9.17, 15) is 9.18 Å². The van der Waals surface area contributed by atoms with Crippen LogP contribution in [0, 0.1) is 5.82 Å². The van der Waals surface area contributed by atoms with Gasteiger partial charge < -0.3 is 15.0 Å². The molecule has 0 aliphatic rings. The van der Waals surface area contributed by atoms with Crippen molar-refractivity contribution in [1.82, 2.24) is 4.98 Å². The molecule has 0 fully saturated rings. The van der Waals surface area contributed by atoms with E-state index >= 15 is 0 Å². The van der Waals surface area contributed by atoms with Crippen molar-refractivity contribution in [3.63, 3.8) is 0 Å². The molecule has 0 atom stereocenters. The Labute approximate surface area is 130 Å². The Kier molecular flexibility index (Phi) is 3.73. The van der Waals surface area contributed by atoms with Gasteiger partial charge in [-0.2, -0.15) is 0 Å². The molecular formula is C16H12ClFN2O2. The molecule has 3 rings (SSSR count). The first-order valence-electron chi connectivity index (χ1n) is 6.50. The molecule has 4 nitrogen and oxygen atoms in total. The van der Waals surface area contributed by atoms with Crippen molar-refractivity contribution in [1.29, 1.82) is 0 Å². The van der Waals surface area contributed by atoms with E-state index in [1.165, 1.54) is 19.2 Å². The number of carbonyl (C=O) groups excluding carboxylic acids is 1. The molecule has 0 saturated heterocycles. The average Bonchev–Trinajstić information content (AvgIpc) is 2.95. The molecule has 0 amide bonds. The second-order valence-electron chi connectivity index (χ2n) is 4.70. The fourth-order valence-corrected chi connectivity index (χ4v) is 2.39. The summed E-state index contributed by atoms with van der Waals surface area (Å²) in [4.78, 5) is 14.6. The quantitative estimate of drug-likeness (QED) is 0.699. The summed E-state index contributed by atoms with van der Waals surface area (Å²) in [5, 5.41) is 4.03. The van der Waals surface area contributed by atoms with Gasteiger partial charge in [0, 0.05) is 22.3 Å². The normalized spacial score (nSPS) is 10.7. The third-order valence-electron chi connectivity index (χ3n) is 3.27. The number of benzene rings is 2. The largest absolute Gasteiger partial charge is 0.464 e. The third kappa shape index (κ3) is 2.63. The lowest BCUT2D eigenvalue weighted by Gasteiger charge is -2.08. The van der Waals surface area contributed by atoms with Crippen molar-refractivity contribution < 1.29 is 13.9 Å². The Morgan fingerprint density at radius 3 is 2.82 bits per heavy atom. The summed E-state index contributed by atoms with van der Waals surface area (Å²) in [7, 11) is 1.33. The second kappa shape index (κ2) is 5.69. The van der Waals surface area contributed by atoms with Crippen LogP contribution in [-0.2, 0) is 4.74 Å². The average molecular weight is 319 g/mol. The van der Waals surface area contributed by atoms with E-state index in [0.29, 0.717) is 11.4 Å². The highest BCUT2D eigenvalue weighted by atomic mass is 35.5. The fourth-order valence-electron chi connectivity index (χ4n) is 2.21. The summed E-state index contributed by atoms with van der Waals surface area (Å²) in [6.07, 6.45) is 0. The van der Waals surface area contributed by atoms with E-state index < -0.39 is 11.8 Å². The van der Waals surface area contributed by atoms with Crippen LogP contribution in [0.2, 0.25) is 5.02 Å². The molecule has 2 N–H and O–H groups in total. The predicted octanol–water partition coefficient (Wildman–Crippen LogP) is 4.49. The van der Waals surface area contributed by atoms with Gasteiger partial charge in [0.1, 0.15) is 11.5 Å². The maximum atomic E-state index is 13.2. The molecule has 22 heavy (non-hydrogen) atoms. The maximum absolute atomic E-state index is 13.2. The van der Waals surface area contributed by atoms with Gasteiger partial charge in [-0.1, -0.05) is 17.7 Å².